The molecule has 0 amide bonds. The molecule has 4 nitrogen and oxygen atoms in total. The van der Waals surface area contributed by atoms with Crippen LogP contribution in [0.3, 0.4) is 0 Å². The Morgan fingerprint density at radius 1 is 1.04 bits per heavy atom. The first kappa shape index (κ1) is 17.7. The second kappa shape index (κ2) is 7.40. The molecule has 0 radical (unpaired) electrons. The maximum atomic E-state index is 12.8. The van der Waals surface area contributed by atoms with Gasteiger partial charge >= 0.3 is 5.97 Å². The number of para-hydroxylation sites is 1. The van der Waals surface area contributed by atoms with Crippen LogP contribution in [0.1, 0.15) is 34.1 Å². The predicted octanol–water partition coefficient (Wildman–Crippen LogP) is 4.61. The zero-order valence-corrected chi connectivity index (χ0v) is 15.1. The fraction of sp³-hybridized carbons (Fsp3) is 0.182. The van der Waals surface area contributed by atoms with Gasteiger partial charge in [0.15, 0.2) is 6.10 Å². The Kier molecular flexibility index (Phi) is 5.03. The second-order valence-corrected chi connectivity index (χ2v) is 6.36. The number of esters is 1. The van der Waals surface area contributed by atoms with Crippen molar-refractivity contribution in [2.45, 2.75) is 26.9 Å². The van der Waals surface area contributed by atoms with Crippen LogP contribution in [0.2, 0.25) is 0 Å². The monoisotopic (exact) mass is 347 g/mol. The van der Waals surface area contributed by atoms with Gasteiger partial charge in [0.1, 0.15) is 0 Å². The van der Waals surface area contributed by atoms with Crippen molar-refractivity contribution in [3.05, 3.63) is 77.0 Å². The Hall–Kier alpha value is -3.14. The molecule has 0 aliphatic heterocycles. The molecule has 0 spiro atoms. The lowest BCUT2D eigenvalue weighted by molar-refractivity contribution is -0.140. The lowest BCUT2D eigenvalue weighted by Gasteiger charge is -2.11. The summed E-state index contributed by atoms with van der Waals surface area (Å²) >= 11 is 0. The Morgan fingerprint density at radius 3 is 2.46 bits per heavy atom. The fourth-order valence-electron chi connectivity index (χ4n) is 2.91. The molecule has 0 saturated carbocycles. The summed E-state index contributed by atoms with van der Waals surface area (Å²) in [5, 5.41) is 0.841. The number of carbonyl (C=O) groups is 2. The number of aryl methyl sites for hydroxylation is 2. The first-order chi connectivity index (χ1) is 12.5. The molecule has 132 valence electrons. The maximum absolute atomic E-state index is 12.8. The average molecular weight is 347 g/mol. The quantitative estimate of drug-likeness (QED) is 0.416. The third kappa shape index (κ3) is 3.75. The number of H-pyrrole nitrogens is 1. The molecule has 1 heterocycles. The maximum Gasteiger partial charge on any atom is 0.331 e. The highest BCUT2D eigenvalue weighted by Crippen LogP contribution is 2.23. The van der Waals surface area contributed by atoms with Gasteiger partial charge in [0, 0.05) is 28.2 Å². The van der Waals surface area contributed by atoms with Crippen molar-refractivity contribution in [2.24, 2.45) is 0 Å². The van der Waals surface area contributed by atoms with Crippen molar-refractivity contribution in [3.63, 3.8) is 0 Å². The van der Waals surface area contributed by atoms with Crippen molar-refractivity contribution >= 4 is 28.7 Å². The number of ketones is 1. The van der Waals surface area contributed by atoms with Gasteiger partial charge in [0.05, 0.1) is 0 Å². The number of carbonyl (C=O) groups excluding carboxylic acids is 2. The molecule has 1 aromatic heterocycles. The van der Waals surface area contributed by atoms with Gasteiger partial charge in [-0.25, -0.2) is 4.79 Å². The number of hydrogen-bond donors (Lipinski definition) is 1. The van der Waals surface area contributed by atoms with E-state index in [4.69, 9.17) is 4.74 Å². The van der Waals surface area contributed by atoms with Crippen LogP contribution in [-0.2, 0) is 9.53 Å². The Bertz CT molecular complexity index is 980. The molecule has 0 aliphatic rings. The van der Waals surface area contributed by atoms with Crippen molar-refractivity contribution in [1.29, 1.82) is 0 Å². The molecule has 2 aromatic carbocycles. The third-order valence-corrected chi connectivity index (χ3v) is 4.29. The van der Waals surface area contributed by atoms with E-state index in [0.29, 0.717) is 5.56 Å². The van der Waals surface area contributed by atoms with E-state index >= 15 is 0 Å². The Labute approximate surface area is 152 Å². The van der Waals surface area contributed by atoms with Crippen molar-refractivity contribution in [1.82, 2.24) is 4.98 Å². The first-order valence-electron chi connectivity index (χ1n) is 8.52. The van der Waals surface area contributed by atoms with Crippen LogP contribution < -0.4 is 0 Å². The van der Waals surface area contributed by atoms with Gasteiger partial charge < -0.3 is 9.72 Å². The molecular weight excluding hydrogens is 326 g/mol. The van der Waals surface area contributed by atoms with Gasteiger partial charge in [0.2, 0.25) is 5.78 Å². The fourth-order valence-corrected chi connectivity index (χ4v) is 2.91. The lowest BCUT2D eigenvalue weighted by Crippen LogP contribution is -2.24. The summed E-state index contributed by atoms with van der Waals surface area (Å²) in [6.45, 7) is 5.45. The van der Waals surface area contributed by atoms with Crippen LogP contribution in [0.15, 0.2) is 54.6 Å². The zero-order valence-electron chi connectivity index (χ0n) is 15.1. The number of aromatic amines is 1. The molecule has 0 unspecified atom stereocenters. The van der Waals surface area contributed by atoms with E-state index in [1.165, 1.54) is 6.08 Å². The van der Waals surface area contributed by atoms with Crippen LogP contribution in [-0.4, -0.2) is 22.8 Å². The summed E-state index contributed by atoms with van der Waals surface area (Å²) in [4.78, 5) is 28.0. The van der Waals surface area contributed by atoms with E-state index in [1.54, 1.807) is 13.0 Å². The molecule has 3 rings (SSSR count). The van der Waals surface area contributed by atoms with E-state index in [-0.39, 0.29) is 5.78 Å². The SMILES string of the molecule is Cc1ccc(/C=C/C(=O)O[C@@H](C)C(=O)c2c(C)[nH]c3ccccc23)cc1. The predicted molar refractivity (Wildman–Crippen MR) is 103 cm³/mol. The van der Waals surface area contributed by atoms with Crippen LogP contribution in [0.4, 0.5) is 0 Å². The topological polar surface area (TPSA) is 59.2 Å². The highest BCUT2D eigenvalue weighted by Gasteiger charge is 2.23. The van der Waals surface area contributed by atoms with Gasteiger partial charge in [-0.1, -0.05) is 48.0 Å². The number of Topliss-reactive ketones (excluding diaryl/α,β-unsaturated/α-hetero) is 1. The average Bonchev–Trinajstić information content (AvgIpc) is 2.96. The first-order valence-corrected chi connectivity index (χ1v) is 8.52. The summed E-state index contributed by atoms with van der Waals surface area (Å²) in [6, 6.07) is 15.4. The lowest BCUT2D eigenvalue weighted by atomic mass is 10.0. The number of nitrogens with one attached hydrogen (secondary N) is 1. The minimum absolute atomic E-state index is 0.211. The number of aromatic nitrogens is 1. The smallest absolute Gasteiger partial charge is 0.331 e. The summed E-state index contributed by atoms with van der Waals surface area (Å²) in [5.74, 6) is -0.749. The summed E-state index contributed by atoms with van der Waals surface area (Å²) in [7, 11) is 0. The van der Waals surface area contributed by atoms with E-state index in [9.17, 15) is 9.59 Å². The molecule has 0 fully saturated rings. The van der Waals surface area contributed by atoms with E-state index in [0.717, 1.165) is 27.7 Å². The van der Waals surface area contributed by atoms with Crippen molar-refractivity contribution < 1.29 is 14.3 Å². The number of rotatable bonds is 5. The third-order valence-electron chi connectivity index (χ3n) is 4.29. The minimum atomic E-state index is -0.858. The zero-order chi connectivity index (χ0) is 18.7. The molecule has 1 N–H and O–H groups in total. The number of fused-ring (bicyclic) bond motifs is 1. The summed E-state index contributed by atoms with van der Waals surface area (Å²) in [6.07, 6.45) is 2.16. The largest absolute Gasteiger partial charge is 0.451 e. The van der Waals surface area contributed by atoms with Crippen LogP contribution in [0.25, 0.3) is 17.0 Å². The van der Waals surface area contributed by atoms with Crippen LogP contribution >= 0.6 is 0 Å². The van der Waals surface area contributed by atoms with Crippen LogP contribution in [0, 0.1) is 13.8 Å². The number of hydrogen-bond acceptors (Lipinski definition) is 3. The molecule has 3 aromatic rings. The van der Waals surface area contributed by atoms with Gasteiger partial charge in [-0.3, -0.25) is 4.79 Å². The molecule has 1 atom stereocenters. The normalized spacial score (nSPS) is 12.4. The van der Waals surface area contributed by atoms with Crippen molar-refractivity contribution in [3.8, 4) is 0 Å². The molecule has 4 heteroatoms. The molecule has 26 heavy (non-hydrogen) atoms. The summed E-state index contributed by atoms with van der Waals surface area (Å²) in [5.41, 5.74) is 4.29. The highest BCUT2D eigenvalue weighted by atomic mass is 16.5. The Balaban J connectivity index is 1.71. The van der Waals surface area contributed by atoms with Gasteiger partial charge in [0.25, 0.3) is 0 Å². The van der Waals surface area contributed by atoms with Gasteiger partial charge in [-0.15, -0.1) is 0 Å². The molecule has 0 saturated heterocycles. The van der Waals surface area contributed by atoms with Crippen molar-refractivity contribution in [2.75, 3.05) is 0 Å². The Morgan fingerprint density at radius 2 is 1.73 bits per heavy atom. The number of ether oxygens (including phenoxy) is 1. The van der Waals surface area contributed by atoms with E-state index in [2.05, 4.69) is 4.98 Å². The summed E-state index contributed by atoms with van der Waals surface area (Å²) < 4.78 is 5.30. The standard InChI is InChI=1S/C22H21NO3/c1-14-8-10-17(11-9-14)12-13-20(24)26-16(3)22(25)21-15(2)23-19-7-5-4-6-18(19)21/h4-13,16,23H,1-3H3/b13-12+/t16-/m0/s1. The van der Waals surface area contributed by atoms with Crippen LogP contribution in [0.5, 0.6) is 0 Å². The van der Waals surface area contributed by atoms with Gasteiger partial charge in [-0.2, -0.15) is 0 Å². The van der Waals surface area contributed by atoms with E-state index < -0.39 is 12.1 Å². The minimum Gasteiger partial charge on any atom is -0.451 e. The number of benzene rings is 2. The molecule has 0 bridgehead atoms. The second-order valence-electron chi connectivity index (χ2n) is 6.36. The van der Waals surface area contributed by atoms with E-state index in [1.807, 2.05) is 62.4 Å². The molecule has 0 aliphatic carbocycles. The molecular formula is C22H21NO3. The highest BCUT2D eigenvalue weighted by molar-refractivity contribution is 6.11. The van der Waals surface area contributed by atoms with Gasteiger partial charge in [-0.05, 0) is 38.5 Å².